The molecule has 5 rings (SSSR count). The van der Waals surface area contributed by atoms with Gasteiger partial charge in [-0.3, -0.25) is 0 Å². The third-order valence-corrected chi connectivity index (χ3v) is 4.89. The highest BCUT2D eigenvalue weighted by molar-refractivity contribution is 5.81. The van der Waals surface area contributed by atoms with Gasteiger partial charge in [0.25, 0.3) is 0 Å². The zero-order valence-electron chi connectivity index (χ0n) is 12.0. The van der Waals surface area contributed by atoms with Gasteiger partial charge in [0.15, 0.2) is 0 Å². The molecule has 3 aliphatic heterocycles. The largest absolute Gasteiger partial charge is 0.366 e. The molecule has 0 aliphatic carbocycles. The van der Waals surface area contributed by atoms with Crippen LogP contribution in [0.15, 0.2) is 30.3 Å². The van der Waals surface area contributed by atoms with Crippen LogP contribution in [-0.2, 0) is 0 Å². The lowest BCUT2D eigenvalue weighted by Gasteiger charge is -2.45. The molecular formula is C17H21N3. The monoisotopic (exact) mass is 267 g/mol. The third kappa shape index (κ3) is 2.06. The topological polar surface area (TPSA) is 28.2 Å². The van der Waals surface area contributed by atoms with Crippen molar-refractivity contribution in [2.24, 2.45) is 5.92 Å². The maximum Gasteiger partial charge on any atom is 0.129 e. The maximum absolute atomic E-state index is 4.82. The van der Waals surface area contributed by atoms with E-state index in [1.165, 1.54) is 43.4 Å². The Hall–Kier alpha value is -1.61. The van der Waals surface area contributed by atoms with Crippen LogP contribution in [0.2, 0.25) is 0 Å². The number of hydrogen-bond acceptors (Lipinski definition) is 3. The normalized spacial score (nSPS) is 28.8. The molecule has 0 saturated carbocycles. The van der Waals surface area contributed by atoms with E-state index in [1.807, 2.05) is 0 Å². The van der Waals surface area contributed by atoms with E-state index in [4.69, 9.17) is 4.98 Å². The molecule has 1 N–H and O–H groups in total. The second kappa shape index (κ2) is 4.74. The number of pyridine rings is 1. The van der Waals surface area contributed by atoms with E-state index in [9.17, 15) is 0 Å². The molecule has 3 heteroatoms. The number of aryl methyl sites for hydroxylation is 1. The number of aromatic nitrogens is 1. The molecule has 1 aromatic carbocycles. The average Bonchev–Trinajstić information content (AvgIpc) is 2.49. The SMILES string of the molecule is Cc1cc2ccccc2nc1NC1CN2CCC1CC2. The Kier molecular flexibility index (Phi) is 2.88. The summed E-state index contributed by atoms with van der Waals surface area (Å²) >= 11 is 0. The molecule has 0 spiro atoms. The van der Waals surface area contributed by atoms with Crippen molar-refractivity contribution in [3.8, 4) is 0 Å². The molecule has 3 fully saturated rings. The van der Waals surface area contributed by atoms with Crippen LogP contribution in [0.1, 0.15) is 18.4 Å². The van der Waals surface area contributed by atoms with E-state index in [-0.39, 0.29) is 0 Å². The Morgan fingerprint density at radius 1 is 1.20 bits per heavy atom. The van der Waals surface area contributed by atoms with Crippen molar-refractivity contribution in [3.63, 3.8) is 0 Å². The van der Waals surface area contributed by atoms with Gasteiger partial charge < -0.3 is 10.2 Å². The molecule has 3 nitrogen and oxygen atoms in total. The van der Waals surface area contributed by atoms with Gasteiger partial charge in [0.2, 0.25) is 0 Å². The predicted molar refractivity (Wildman–Crippen MR) is 83.1 cm³/mol. The van der Waals surface area contributed by atoms with Crippen molar-refractivity contribution < 1.29 is 0 Å². The Bertz CT molecular complexity index is 629. The summed E-state index contributed by atoms with van der Waals surface area (Å²) in [5, 5.41) is 4.95. The first-order valence-corrected chi connectivity index (χ1v) is 7.65. The summed E-state index contributed by atoms with van der Waals surface area (Å²) in [6.07, 6.45) is 2.68. The Labute approximate surface area is 120 Å². The first-order valence-electron chi connectivity index (χ1n) is 7.65. The van der Waals surface area contributed by atoms with Gasteiger partial charge in [-0.2, -0.15) is 0 Å². The minimum atomic E-state index is 0.574. The molecule has 1 aromatic heterocycles. The number of fused-ring (bicyclic) bond motifs is 4. The van der Waals surface area contributed by atoms with Crippen LogP contribution in [0.25, 0.3) is 10.9 Å². The second-order valence-corrected chi connectivity index (χ2v) is 6.24. The summed E-state index contributed by atoms with van der Waals surface area (Å²) in [5.41, 5.74) is 2.34. The fraction of sp³-hybridized carbons (Fsp3) is 0.471. The van der Waals surface area contributed by atoms with E-state index in [2.05, 4.69) is 47.5 Å². The van der Waals surface area contributed by atoms with Gasteiger partial charge >= 0.3 is 0 Å². The lowest BCUT2D eigenvalue weighted by Crippen LogP contribution is -2.53. The minimum absolute atomic E-state index is 0.574. The number of nitrogens with one attached hydrogen (secondary N) is 1. The van der Waals surface area contributed by atoms with Gasteiger partial charge in [-0.1, -0.05) is 18.2 Å². The highest BCUT2D eigenvalue weighted by Gasteiger charge is 2.34. The standard InChI is InChI=1S/C17H21N3/c1-12-10-14-4-2-3-5-15(14)18-17(12)19-16-11-20-8-6-13(16)7-9-20/h2-5,10,13,16H,6-9,11H2,1H3,(H,18,19). The molecule has 0 radical (unpaired) electrons. The lowest BCUT2D eigenvalue weighted by atomic mass is 9.84. The van der Waals surface area contributed by atoms with E-state index in [0.717, 1.165) is 17.3 Å². The van der Waals surface area contributed by atoms with Gasteiger partial charge in [-0.15, -0.1) is 0 Å². The summed E-state index contributed by atoms with van der Waals surface area (Å²) in [6.45, 7) is 5.90. The van der Waals surface area contributed by atoms with Crippen molar-refractivity contribution in [1.29, 1.82) is 0 Å². The molecule has 3 saturated heterocycles. The van der Waals surface area contributed by atoms with E-state index >= 15 is 0 Å². The molecule has 2 aromatic rings. The number of hydrogen-bond donors (Lipinski definition) is 1. The zero-order chi connectivity index (χ0) is 13.5. The van der Waals surface area contributed by atoms with Crippen molar-refractivity contribution in [3.05, 3.63) is 35.9 Å². The summed E-state index contributed by atoms with van der Waals surface area (Å²) in [5.74, 6) is 1.90. The first-order chi connectivity index (χ1) is 9.79. The first kappa shape index (κ1) is 12.2. The number of nitrogens with zero attached hydrogens (tertiary/aromatic N) is 2. The Balaban J connectivity index is 1.63. The lowest BCUT2D eigenvalue weighted by molar-refractivity contribution is 0.0973. The van der Waals surface area contributed by atoms with E-state index in [1.54, 1.807) is 0 Å². The Morgan fingerprint density at radius 2 is 2.00 bits per heavy atom. The van der Waals surface area contributed by atoms with Gasteiger partial charge in [-0.05, 0) is 56.5 Å². The zero-order valence-corrected chi connectivity index (χ0v) is 12.0. The number of piperidine rings is 3. The fourth-order valence-corrected chi connectivity index (χ4v) is 3.67. The predicted octanol–water partition coefficient (Wildman–Crippen LogP) is 3.05. The van der Waals surface area contributed by atoms with Crippen molar-refractivity contribution in [2.75, 3.05) is 25.0 Å². The van der Waals surface area contributed by atoms with Crippen molar-refractivity contribution in [2.45, 2.75) is 25.8 Å². The quantitative estimate of drug-likeness (QED) is 0.906. The molecule has 1 unspecified atom stereocenters. The second-order valence-electron chi connectivity index (χ2n) is 6.24. The van der Waals surface area contributed by atoms with Gasteiger partial charge in [0.05, 0.1) is 5.52 Å². The average molecular weight is 267 g/mol. The van der Waals surface area contributed by atoms with Crippen LogP contribution < -0.4 is 5.32 Å². The van der Waals surface area contributed by atoms with Gasteiger partial charge in [0, 0.05) is 18.0 Å². The van der Waals surface area contributed by atoms with Crippen LogP contribution >= 0.6 is 0 Å². The molecule has 104 valence electrons. The molecule has 1 atom stereocenters. The number of benzene rings is 1. The van der Waals surface area contributed by atoms with Crippen molar-refractivity contribution in [1.82, 2.24) is 9.88 Å². The summed E-state index contributed by atoms with van der Waals surface area (Å²) in [4.78, 5) is 7.40. The van der Waals surface area contributed by atoms with Crippen LogP contribution in [0.3, 0.4) is 0 Å². The van der Waals surface area contributed by atoms with Crippen LogP contribution in [0, 0.1) is 12.8 Å². The molecular weight excluding hydrogens is 246 g/mol. The molecule has 0 amide bonds. The van der Waals surface area contributed by atoms with Crippen LogP contribution in [0.5, 0.6) is 0 Å². The highest BCUT2D eigenvalue weighted by atomic mass is 15.2. The minimum Gasteiger partial charge on any atom is -0.366 e. The number of para-hydroxylation sites is 1. The van der Waals surface area contributed by atoms with E-state index in [0.29, 0.717) is 6.04 Å². The smallest absolute Gasteiger partial charge is 0.129 e. The Morgan fingerprint density at radius 3 is 2.75 bits per heavy atom. The van der Waals surface area contributed by atoms with Gasteiger partial charge in [-0.25, -0.2) is 4.98 Å². The van der Waals surface area contributed by atoms with E-state index < -0.39 is 0 Å². The molecule has 3 aliphatic rings. The number of rotatable bonds is 2. The fourth-order valence-electron chi connectivity index (χ4n) is 3.67. The van der Waals surface area contributed by atoms with Crippen LogP contribution in [-0.4, -0.2) is 35.6 Å². The summed E-state index contributed by atoms with van der Waals surface area (Å²) in [7, 11) is 0. The van der Waals surface area contributed by atoms with Crippen LogP contribution in [0.4, 0.5) is 5.82 Å². The number of anilines is 1. The summed E-state index contributed by atoms with van der Waals surface area (Å²) in [6, 6.07) is 11.2. The maximum atomic E-state index is 4.82. The third-order valence-electron chi connectivity index (χ3n) is 4.89. The molecule has 4 heterocycles. The summed E-state index contributed by atoms with van der Waals surface area (Å²) < 4.78 is 0. The molecule has 20 heavy (non-hydrogen) atoms. The van der Waals surface area contributed by atoms with Gasteiger partial charge in [0.1, 0.15) is 5.82 Å². The highest BCUT2D eigenvalue weighted by Crippen LogP contribution is 2.30. The van der Waals surface area contributed by atoms with Crippen molar-refractivity contribution >= 4 is 16.7 Å². The molecule has 2 bridgehead atoms.